The number of fused-ring (bicyclic) bond motifs is 6. The summed E-state index contributed by atoms with van der Waals surface area (Å²) in [6.45, 7) is 13.2. The monoisotopic (exact) mass is 837 g/mol. The van der Waals surface area contributed by atoms with Crippen LogP contribution in [0.25, 0.3) is 6.08 Å². The van der Waals surface area contributed by atoms with Gasteiger partial charge in [0.15, 0.2) is 6.04 Å². The van der Waals surface area contributed by atoms with Crippen molar-refractivity contribution in [3.63, 3.8) is 0 Å². The van der Waals surface area contributed by atoms with Gasteiger partial charge in [-0.2, -0.15) is 5.06 Å². The third kappa shape index (κ3) is 8.15. The summed E-state index contributed by atoms with van der Waals surface area (Å²) < 4.78 is 29.2. The van der Waals surface area contributed by atoms with Gasteiger partial charge in [-0.15, -0.1) is 0 Å². The molecule has 15 heteroatoms. The Hall–Kier alpha value is -3.44. The van der Waals surface area contributed by atoms with Crippen molar-refractivity contribution < 1.29 is 57.9 Å². The number of carbonyl (C=O) groups excluding carboxylic acids is 4. The van der Waals surface area contributed by atoms with Crippen LogP contribution in [0.15, 0.2) is 29.8 Å². The minimum atomic E-state index is -1.56. The molecule has 1 aromatic carbocycles. The van der Waals surface area contributed by atoms with E-state index in [-0.39, 0.29) is 38.2 Å². The average Bonchev–Trinajstić information content (AvgIpc) is 3.45. The Morgan fingerprint density at radius 1 is 1.05 bits per heavy atom. The van der Waals surface area contributed by atoms with Gasteiger partial charge in [-0.25, -0.2) is 0 Å². The molecule has 3 aliphatic carbocycles. The molecule has 4 N–H and O–H groups in total. The number of aliphatic hydroxyl groups is 2. The molecule has 2 amide bonds. The first-order chi connectivity index (χ1) is 28.3. The maximum absolute atomic E-state index is 14.7. The lowest BCUT2D eigenvalue weighted by Gasteiger charge is -2.53. The topological polar surface area (TPSA) is 195 Å². The maximum Gasteiger partial charge on any atom is 0.327 e. The van der Waals surface area contributed by atoms with E-state index >= 15 is 0 Å². The molecule has 8 rings (SSSR count). The molecule has 0 aromatic heterocycles. The normalized spacial score (nSPS) is 37.4. The smallest absolute Gasteiger partial charge is 0.327 e. The number of allylic oxidation sites excluding steroid dienone is 1. The van der Waals surface area contributed by atoms with E-state index in [4.69, 9.17) is 28.5 Å². The Morgan fingerprint density at radius 3 is 2.47 bits per heavy atom. The number of hydrogen-bond acceptors (Lipinski definition) is 13. The Morgan fingerprint density at radius 2 is 1.78 bits per heavy atom. The molecular weight excluding hydrogens is 775 g/mol. The molecule has 4 heterocycles. The Labute approximate surface area is 352 Å². The van der Waals surface area contributed by atoms with Crippen molar-refractivity contribution in [2.75, 3.05) is 13.4 Å². The summed E-state index contributed by atoms with van der Waals surface area (Å²) in [5.74, 6) is -1.41. The summed E-state index contributed by atoms with van der Waals surface area (Å²) in [5.41, 5.74) is 1.50. The van der Waals surface area contributed by atoms with Crippen molar-refractivity contribution >= 4 is 29.8 Å². The fraction of sp³-hybridized carbons (Fsp3) is 0.733. The predicted octanol–water partition coefficient (Wildman–Crippen LogP) is 3.47. The molecule has 1 aromatic rings. The second kappa shape index (κ2) is 16.0. The molecule has 7 aliphatic rings. The highest BCUT2D eigenvalue weighted by atomic mass is 16.8. The molecule has 13 atom stereocenters. The van der Waals surface area contributed by atoms with Crippen LogP contribution in [0, 0.1) is 22.7 Å². The number of epoxide rings is 1. The zero-order chi connectivity index (χ0) is 42.9. The van der Waals surface area contributed by atoms with E-state index in [2.05, 4.69) is 49.6 Å². The average molecular weight is 838 g/mol. The van der Waals surface area contributed by atoms with E-state index < -0.39 is 90.0 Å². The van der Waals surface area contributed by atoms with E-state index in [1.54, 1.807) is 20.8 Å². The zero-order valence-electron chi connectivity index (χ0n) is 35.9. The molecule has 4 saturated heterocycles. The molecule has 3 saturated carbocycles. The predicted molar refractivity (Wildman–Crippen MR) is 215 cm³/mol. The Kier molecular flexibility index (Phi) is 11.5. The SMILES string of the molecule is CC(O)C(NC(=O)C12CC3OC(=O)C1N(Cc1ccc(C=C4CCC5OC5(C)CCC5C4CC5(C)C)cc1)OC2C1OCOC31)C(=O)NC(CO)CCC(=O)OC(C)(C)C. The molecule has 60 heavy (non-hydrogen) atoms. The van der Waals surface area contributed by atoms with Crippen LogP contribution < -0.4 is 10.6 Å². The van der Waals surface area contributed by atoms with Crippen LogP contribution in [-0.4, -0.2) is 118 Å². The van der Waals surface area contributed by atoms with Gasteiger partial charge in [-0.05, 0) is 102 Å². The van der Waals surface area contributed by atoms with Crippen molar-refractivity contribution in [3.05, 3.63) is 41.0 Å². The fourth-order valence-electron chi connectivity index (χ4n) is 11.0. The number of aliphatic hydroxyl groups excluding tert-OH is 2. The number of ether oxygens (including phenoxy) is 5. The lowest BCUT2D eigenvalue weighted by atomic mass is 9.52. The van der Waals surface area contributed by atoms with Gasteiger partial charge in [0.2, 0.25) is 11.8 Å². The van der Waals surface area contributed by atoms with Gasteiger partial charge >= 0.3 is 11.9 Å². The van der Waals surface area contributed by atoms with Crippen LogP contribution in [0.3, 0.4) is 0 Å². The van der Waals surface area contributed by atoms with Gasteiger partial charge < -0.3 is 44.5 Å². The van der Waals surface area contributed by atoms with E-state index in [0.29, 0.717) is 23.4 Å². The van der Waals surface area contributed by atoms with Crippen molar-refractivity contribution in [3.8, 4) is 0 Å². The number of carbonyl (C=O) groups is 4. The lowest BCUT2D eigenvalue weighted by molar-refractivity contribution is -0.201. The quantitative estimate of drug-likeness (QED) is 0.177. The molecule has 4 aliphatic heterocycles. The van der Waals surface area contributed by atoms with E-state index in [0.717, 1.165) is 30.4 Å². The van der Waals surface area contributed by atoms with Crippen LogP contribution in [0.1, 0.15) is 111 Å². The van der Waals surface area contributed by atoms with E-state index in [9.17, 15) is 29.4 Å². The fourth-order valence-corrected chi connectivity index (χ4v) is 11.0. The molecular formula is C45H63N3O12. The summed E-state index contributed by atoms with van der Waals surface area (Å²) in [6, 6.07) is 4.63. The first-order valence-corrected chi connectivity index (χ1v) is 21.8. The summed E-state index contributed by atoms with van der Waals surface area (Å²) in [4.78, 5) is 61.3. The number of nitrogens with one attached hydrogen (secondary N) is 2. The van der Waals surface area contributed by atoms with Crippen molar-refractivity contribution in [1.82, 2.24) is 15.7 Å². The number of rotatable bonds is 12. The van der Waals surface area contributed by atoms with Gasteiger partial charge in [0.1, 0.15) is 48.3 Å². The second-order valence-electron chi connectivity index (χ2n) is 20.2. The third-order valence-electron chi connectivity index (χ3n) is 14.3. The second-order valence-corrected chi connectivity index (χ2v) is 20.2. The van der Waals surface area contributed by atoms with E-state index in [1.807, 2.05) is 12.1 Å². The molecule has 7 fully saturated rings. The van der Waals surface area contributed by atoms with Crippen molar-refractivity contribution in [2.24, 2.45) is 22.7 Å². The molecule has 0 spiro atoms. The third-order valence-corrected chi connectivity index (χ3v) is 14.3. The molecule has 330 valence electrons. The largest absolute Gasteiger partial charge is 0.460 e. The summed E-state index contributed by atoms with van der Waals surface area (Å²) in [6.07, 6.45) is 3.67. The number of amides is 2. The van der Waals surface area contributed by atoms with Crippen LogP contribution in [0.5, 0.6) is 0 Å². The summed E-state index contributed by atoms with van der Waals surface area (Å²) >= 11 is 0. The number of hydrogen-bond donors (Lipinski definition) is 4. The molecule has 15 nitrogen and oxygen atoms in total. The van der Waals surface area contributed by atoms with Crippen LogP contribution in [-0.2, 0) is 54.2 Å². The lowest BCUT2D eigenvalue weighted by Crippen LogP contribution is -2.71. The minimum absolute atomic E-state index is 0.0221. The van der Waals surface area contributed by atoms with Crippen molar-refractivity contribution in [2.45, 2.75) is 172 Å². The highest BCUT2D eigenvalue weighted by Gasteiger charge is 2.75. The zero-order valence-corrected chi connectivity index (χ0v) is 35.9. The number of esters is 2. The summed E-state index contributed by atoms with van der Waals surface area (Å²) in [5, 5.41) is 27.7. The molecule has 2 bridgehead atoms. The highest BCUT2D eigenvalue weighted by Crippen LogP contribution is 2.60. The van der Waals surface area contributed by atoms with Crippen LogP contribution in [0.4, 0.5) is 0 Å². The minimum Gasteiger partial charge on any atom is -0.460 e. The molecule has 13 unspecified atom stereocenters. The number of nitrogens with zero attached hydrogens (tertiary/aromatic N) is 1. The first kappa shape index (κ1) is 43.2. The van der Waals surface area contributed by atoms with E-state index in [1.165, 1.54) is 30.4 Å². The number of benzene rings is 1. The van der Waals surface area contributed by atoms with Gasteiger partial charge in [0.25, 0.3) is 0 Å². The van der Waals surface area contributed by atoms with Gasteiger partial charge in [-0.3, -0.25) is 24.0 Å². The first-order valence-electron chi connectivity index (χ1n) is 21.8. The van der Waals surface area contributed by atoms with Crippen molar-refractivity contribution in [1.29, 1.82) is 0 Å². The van der Waals surface area contributed by atoms with Gasteiger partial charge in [-0.1, -0.05) is 49.8 Å². The standard InChI is InChI=1S/C45H63N3O12/c1-24(50)34(39(52)46-28(22-49)13-15-33(51)59-42(2,3)4)47-41(54)45-20-31-35-36(56-23-55-35)38(45)60-48(37(45)40(53)57-31)21-26-10-8-25(9-11-26)18-27-12-14-32-44(7,58-32)17-16-30-29(27)19-43(30,5)6/h8-11,18,24,28-32,34-38,49-50H,12-17,19-23H2,1-7H3,(H,46,52)(H,47,54). The number of hydroxylamine groups is 2. The summed E-state index contributed by atoms with van der Waals surface area (Å²) in [7, 11) is 0. The maximum atomic E-state index is 14.7. The highest BCUT2D eigenvalue weighted by molar-refractivity contribution is 5.96. The Balaban J connectivity index is 0.992. The molecule has 0 radical (unpaired) electrons. The van der Waals surface area contributed by atoms with Crippen LogP contribution in [0.2, 0.25) is 0 Å². The van der Waals surface area contributed by atoms with Gasteiger partial charge in [0.05, 0.1) is 37.0 Å². The van der Waals surface area contributed by atoms with Gasteiger partial charge in [0, 0.05) is 12.8 Å². The van der Waals surface area contributed by atoms with Crippen LogP contribution >= 0.6 is 0 Å². The Bertz CT molecular complexity index is 1860.